The quantitative estimate of drug-likeness (QED) is 0.336. The van der Waals surface area contributed by atoms with Gasteiger partial charge < -0.3 is 28.9 Å². The number of fused-ring (bicyclic) bond motifs is 1. The molecule has 1 saturated heterocycles. The van der Waals surface area contributed by atoms with Gasteiger partial charge in [0.25, 0.3) is 5.56 Å². The maximum absolute atomic E-state index is 12.6. The molecule has 1 aliphatic heterocycles. The van der Waals surface area contributed by atoms with E-state index in [1.54, 1.807) is 43.6 Å². The summed E-state index contributed by atoms with van der Waals surface area (Å²) in [5, 5.41) is 9.76. The number of nitrogens with one attached hydrogen (secondary N) is 2. The number of carbonyl (C=O) groups is 1. The minimum absolute atomic E-state index is 0.120. The number of nitrogens with zero attached hydrogens (tertiary/aromatic N) is 1. The molecular formula is C26H27N3O8S. The predicted octanol–water partition coefficient (Wildman–Crippen LogP) is 3.43. The van der Waals surface area contributed by atoms with Crippen LogP contribution in [0.3, 0.4) is 0 Å². The number of aromatic carboxylic acids is 1. The van der Waals surface area contributed by atoms with Crippen molar-refractivity contribution in [2.24, 2.45) is 7.05 Å². The van der Waals surface area contributed by atoms with Crippen molar-refractivity contribution in [3.63, 3.8) is 0 Å². The van der Waals surface area contributed by atoms with Crippen LogP contribution in [0.25, 0.3) is 22.0 Å². The predicted molar refractivity (Wildman–Crippen MR) is 143 cm³/mol. The van der Waals surface area contributed by atoms with Gasteiger partial charge in [-0.1, -0.05) is 18.2 Å². The number of carboxylic acid groups (broad SMARTS) is 1. The average Bonchev–Trinajstić information content (AvgIpc) is 3.35. The maximum Gasteiger partial charge on any atom is 0.352 e. The van der Waals surface area contributed by atoms with Crippen molar-refractivity contribution >= 4 is 32.6 Å². The fraction of sp³-hybridized carbons (Fsp3) is 0.231. The second kappa shape index (κ2) is 11.5. The van der Waals surface area contributed by atoms with Gasteiger partial charge in [0.05, 0.1) is 32.7 Å². The van der Waals surface area contributed by atoms with E-state index < -0.39 is 21.6 Å². The van der Waals surface area contributed by atoms with Gasteiger partial charge in [0, 0.05) is 35.4 Å². The third-order valence-corrected chi connectivity index (χ3v) is 6.09. The van der Waals surface area contributed by atoms with Crippen LogP contribution in [0.4, 0.5) is 5.69 Å². The molecule has 2 aromatic heterocycles. The molecular weight excluding hydrogens is 514 g/mol. The summed E-state index contributed by atoms with van der Waals surface area (Å²) in [6.07, 6.45) is 2.60. The molecule has 0 atom stereocenters. The van der Waals surface area contributed by atoms with Crippen LogP contribution in [0, 0.1) is 0 Å². The van der Waals surface area contributed by atoms with E-state index in [1.165, 1.54) is 10.6 Å². The first-order valence-electron chi connectivity index (χ1n) is 11.6. The number of hydrogen-bond acceptors (Lipinski definition) is 7. The van der Waals surface area contributed by atoms with E-state index in [0.717, 1.165) is 32.7 Å². The summed E-state index contributed by atoms with van der Waals surface area (Å²) >= 11 is 0. The highest BCUT2D eigenvalue weighted by Crippen LogP contribution is 2.38. The molecule has 0 saturated carbocycles. The Bertz CT molecular complexity index is 1600. The third kappa shape index (κ3) is 6.59. The number of aromatic amines is 1. The molecule has 1 aliphatic rings. The highest BCUT2D eigenvalue weighted by atomic mass is 32.2. The van der Waals surface area contributed by atoms with Crippen LogP contribution in [-0.2, 0) is 26.5 Å². The Hall–Kier alpha value is -4.13. The van der Waals surface area contributed by atoms with Gasteiger partial charge in [-0.3, -0.25) is 9.52 Å². The number of para-hydroxylation sites is 1. The highest BCUT2D eigenvalue weighted by Gasteiger charge is 2.19. The molecule has 4 aromatic rings. The lowest BCUT2D eigenvalue weighted by Crippen LogP contribution is -2.16. The summed E-state index contributed by atoms with van der Waals surface area (Å²) < 4.78 is 43.2. The molecule has 0 unspecified atom stereocenters. The summed E-state index contributed by atoms with van der Waals surface area (Å²) in [5.74, 6) is -0.255. The molecule has 3 N–H and O–H groups in total. The van der Waals surface area contributed by atoms with E-state index >= 15 is 0 Å². The molecule has 2 aromatic carbocycles. The number of rotatable bonds is 6. The van der Waals surface area contributed by atoms with Crippen LogP contribution in [0.15, 0.2) is 65.6 Å². The van der Waals surface area contributed by atoms with Gasteiger partial charge in [0.15, 0.2) is 0 Å². The molecule has 3 heterocycles. The van der Waals surface area contributed by atoms with E-state index in [9.17, 15) is 23.1 Å². The van der Waals surface area contributed by atoms with E-state index in [4.69, 9.17) is 14.2 Å². The number of aryl methyl sites for hydroxylation is 1. The number of H-pyrrole nitrogens is 1. The Labute approximate surface area is 218 Å². The molecule has 0 bridgehead atoms. The number of sulfonamides is 1. The fourth-order valence-electron chi connectivity index (χ4n) is 3.83. The Morgan fingerprint density at radius 1 is 1.03 bits per heavy atom. The number of carboxylic acids is 1. The van der Waals surface area contributed by atoms with Crippen molar-refractivity contribution in [2.45, 2.75) is 0 Å². The summed E-state index contributed by atoms with van der Waals surface area (Å²) in [7, 11) is -2.00. The summed E-state index contributed by atoms with van der Waals surface area (Å²) in [6.45, 7) is 3.11. The van der Waals surface area contributed by atoms with Gasteiger partial charge in [-0.25, -0.2) is 13.2 Å². The van der Waals surface area contributed by atoms with Gasteiger partial charge in [0.1, 0.15) is 22.7 Å². The molecule has 12 heteroatoms. The minimum atomic E-state index is -3.54. The zero-order chi connectivity index (χ0) is 27.3. The van der Waals surface area contributed by atoms with Gasteiger partial charge in [-0.2, -0.15) is 0 Å². The first kappa shape index (κ1) is 26.9. The summed E-state index contributed by atoms with van der Waals surface area (Å²) in [6, 6.07) is 15.1. The Kier molecular flexibility index (Phi) is 8.15. The molecule has 200 valence electrons. The van der Waals surface area contributed by atoms with Crippen molar-refractivity contribution < 1.29 is 32.5 Å². The third-order valence-electron chi connectivity index (χ3n) is 5.48. The van der Waals surface area contributed by atoms with Crippen LogP contribution in [0.1, 0.15) is 10.5 Å². The van der Waals surface area contributed by atoms with Gasteiger partial charge in [-0.15, -0.1) is 0 Å². The number of hydrogen-bond donors (Lipinski definition) is 3. The van der Waals surface area contributed by atoms with Crippen molar-refractivity contribution in [1.29, 1.82) is 0 Å². The number of pyridine rings is 1. The number of aromatic nitrogens is 2. The lowest BCUT2D eigenvalue weighted by Gasteiger charge is -2.15. The van der Waals surface area contributed by atoms with Crippen LogP contribution >= 0.6 is 0 Å². The van der Waals surface area contributed by atoms with Crippen LogP contribution in [-0.4, -0.2) is 61.7 Å². The van der Waals surface area contributed by atoms with Crippen LogP contribution in [0.2, 0.25) is 0 Å². The molecule has 0 radical (unpaired) electrons. The van der Waals surface area contributed by atoms with E-state index in [-0.39, 0.29) is 11.2 Å². The van der Waals surface area contributed by atoms with E-state index in [2.05, 4.69) is 9.71 Å². The maximum atomic E-state index is 12.6. The minimum Gasteiger partial charge on any atom is -0.477 e. The standard InChI is InChI=1S/C22H19N3O6S.C4H8O2/c1-25-12-17(16-11-18(22(27)28)23-20(16)21(25)26)15-10-13(24-32(2,29)30)8-9-19(15)31-14-6-4-3-5-7-14;1-2-6-4-3-5-1/h3-12,23-24H,1-2H3,(H,27,28);1-4H2. The topological polar surface area (TPSA) is 149 Å². The number of benzene rings is 2. The Morgan fingerprint density at radius 2 is 1.68 bits per heavy atom. The smallest absolute Gasteiger partial charge is 0.352 e. The van der Waals surface area contributed by atoms with Crippen molar-refractivity contribution in [1.82, 2.24) is 9.55 Å². The number of ether oxygens (including phenoxy) is 3. The Morgan fingerprint density at radius 3 is 2.26 bits per heavy atom. The highest BCUT2D eigenvalue weighted by molar-refractivity contribution is 7.92. The molecule has 1 fully saturated rings. The van der Waals surface area contributed by atoms with Crippen molar-refractivity contribution in [3.05, 3.63) is 76.8 Å². The second-order valence-corrected chi connectivity index (χ2v) is 10.2. The normalized spacial score (nSPS) is 13.4. The zero-order valence-electron chi connectivity index (χ0n) is 20.8. The molecule has 0 aliphatic carbocycles. The van der Waals surface area contributed by atoms with Gasteiger partial charge >= 0.3 is 5.97 Å². The van der Waals surface area contributed by atoms with Gasteiger partial charge in [-0.05, 0) is 36.4 Å². The average molecular weight is 542 g/mol. The van der Waals surface area contributed by atoms with E-state index in [0.29, 0.717) is 33.7 Å². The summed E-state index contributed by atoms with van der Waals surface area (Å²) in [4.78, 5) is 26.7. The SMILES string of the molecule is C1COCCO1.Cn1cc(-c2cc(NS(C)(=O)=O)ccc2Oc2ccccc2)c2cc(C(=O)O)[nH]c2c1=O. The van der Waals surface area contributed by atoms with Gasteiger partial charge in [0.2, 0.25) is 10.0 Å². The van der Waals surface area contributed by atoms with Crippen molar-refractivity contribution in [2.75, 3.05) is 37.4 Å². The molecule has 38 heavy (non-hydrogen) atoms. The fourth-order valence-corrected chi connectivity index (χ4v) is 4.38. The lowest BCUT2D eigenvalue weighted by atomic mass is 10.0. The lowest BCUT2D eigenvalue weighted by molar-refractivity contribution is -0.0334. The monoisotopic (exact) mass is 541 g/mol. The zero-order valence-corrected chi connectivity index (χ0v) is 21.6. The second-order valence-electron chi connectivity index (χ2n) is 8.46. The van der Waals surface area contributed by atoms with Crippen molar-refractivity contribution in [3.8, 4) is 22.6 Å². The molecule has 0 spiro atoms. The molecule has 5 rings (SSSR count). The van der Waals surface area contributed by atoms with Crippen LogP contribution in [0.5, 0.6) is 11.5 Å². The van der Waals surface area contributed by atoms with Crippen LogP contribution < -0.4 is 15.0 Å². The first-order chi connectivity index (χ1) is 18.1. The first-order valence-corrected chi connectivity index (χ1v) is 13.5. The molecule has 0 amide bonds. The largest absolute Gasteiger partial charge is 0.477 e. The molecule has 11 nitrogen and oxygen atoms in total. The summed E-state index contributed by atoms with van der Waals surface area (Å²) in [5.41, 5.74) is 0.842. The number of anilines is 1. The Balaban J connectivity index is 0.000000494. The van der Waals surface area contributed by atoms with E-state index in [1.807, 2.05) is 18.2 Å².